The number of pyridine rings is 1. The second-order valence-corrected chi connectivity index (χ2v) is 8.16. The first-order valence-electron chi connectivity index (χ1n) is 10.4. The zero-order valence-corrected chi connectivity index (χ0v) is 18.3. The lowest BCUT2D eigenvalue weighted by molar-refractivity contribution is 0.0979. The normalized spacial score (nSPS) is 12.9. The molecule has 3 rings (SSSR count). The molecule has 2 aromatic rings. The van der Waals surface area contributed by atoms with Crippen molar-refractivity contribution < 1.29 is 9.59 Å². The van der Waals surface area contributed by atoms with Crippen molar-refractivity contribution in [2.75, 3.05) is 65.0 Å². The Morgan fingerprint density at radius 1 is 0.800 bits per heavy atom. The average Bonchev–Trinajstić information content (AvgIpc) is 2.72. The molecular weight excluding hydrogens is 378 g/mol. The highest BCUT2D eigenvalue weighted by atomic mass is 16.1. The van der Waals surface area contributed by atoms with Gasteiger partial charge in [-0.05, 0) is 72.3 Å². The van der Waals surface area contributed by atoms with Crippen LogP contribution in [0.4, 0.5) is 11.4 Å². The molecule has 0 bridgehead atoms. The molecule has 7 nitrogen and oxygen atoms in total. The van der Waals surface area contributed by atoms with E-state index in [1.54, 1.807) is 18.3 Å². The zero-order valence-electron chi connectivity index (χ0n) is 18.3. The van der Waals surface area contributed by atoms with Gasteiger partial charge in [-0.1, -0.05) is 0 Å². The Labute approximate surface area is 178 Å². The summed E-state index contributed by atoms with van der Waals surface area (Å²) < 4.78 is 0. The monoisotopic (exact) mass is 409 g/mol. The summed E-state index contributed by atoms with van der Waals surface area (Å²) in [6.07, 6.45) is 4.95. The van der Waals surface area contributed by atoms with E-state index in [9.17, 15) is 9.59 Å². The van der Waals surface area contributed by atoms with E-state index in [2.05, 4.69) is 25.4 Å². The number of rotatable bonds is 10. The van der Waals surface area contributed by atoms with Gasteiger partial charge in [-0.2, -0.15) is 0 Å². The average molecular weight is 410 g/mol. The number of carbonyl (C=O) groups is 2. The molecule has 1 aliphatic rings. The lowest BCUT2D eigenvalue weighted by atomic mass is 9.83. The summed E-state index contributed by atoms with van der Waals surface area (Å²) in [7, 11) is 8.17. The lowest BCUT2D eigenvalue weighted by Gasteiger charge is -2.24. The number of benzene rings is 1. The molecule has 30 heavy (non-hydrogen) atoms. The first kappa shape index (κ1) is 21.9. The fraction of sp³-hybridized carbons (Fsp3) is 0.435. The van der Waals surface area contributed by atoms with E-state index < -0.39 is 0 Å². The summed E-state index contributed by atoms with van der Waals surface area (Å²) >= 11 is 0. The van der Waals surface area contributed by atoms with Gasteiger partial charge in [0.2, 0.25) is 0 Å². The van der Waals surface area contributed by atoms with Crippen molar-refractivity contribution in [1.82, 2.24) is 14.8 Å². The van der Waals surface area contributed by atoms with E-state index in [1.165, 1.54) is 6.20 Å². The standard InChI is InChI=1S/C23H31N5O2/c1-27(2)13-5-10-25-19-8-7-17-20(21(19)26-11-6-14-28(3)4)23(30)16-9-12-24-15-18(16)22(17)29/h7-9,12,15,25-26H,5-6,10-11,13-14H2,1-4H3. The van der Waals surface area contributed by atoms with Crippen LogP contribution in [0.2, 0.25) is 0 Å². The van der Waals surface area contributed by atoms with Crippen molar-refractivity contribution in [1.29, 1.82) is 0 Å². The van der Waals surface area contributed by atoms with Crippen molar-refractivity contribution >= 4 is 22.9 Å². The lowest BCUT2D eigenvalue weighted by Crippen LogP contribution is -2.24. The predicted octanol–water partition coefficient (Wildman–Crippen LogP) is 2.58. The number of anilines is 2. The van der Waals surface area contributed by atoms with E-state index in [0.29, 0.717) is 28.8 Å². The van der Waals surface area contributed by atoms with Gasteiger partial charge >= 0.3 is 0 Å². The molecule has 7 heteroatoms. The number of hydrogen-bond acceptors (Lipinski definition) is 7. The fourth-order valence-corrected chi connectivity index (χ4v) is 3.64. The number of aromatic nitrogens is 1. The second-order valence-electron chi connectivity index (χ2n) is 8.16. The molecule has 160 valence electrons. The molecule has 0 unspecified atom stereocenters. The van der Waals surface area contributed by atoms with E-state index >= 15 is 0 Å². The summed E-state index contributed by atoms with van der Waals surface area (Å²) in [4.78, 5) is 34.6. The topological polar surface area (TPSA) is 77.6 Å². The van der Waals surface area contributed by atoms with Crippen molar-refractivity contribution in [3.05, 3.63) is 52.8 Å². The molecule has 0 saturated heterocycles. The number of ketones is 2. The summed E-state index contributed by atoms with van der Waals surface area (Å²) in [5.41, 5.74) is 3.27. The number of nitrogens with one attached hydrogen (secondary N) is 2. The van der Waals surface area contributed by atoms with Crippen LogP contribution in [0, 0.1) is 0 Å². The van der Waals surface area contributed by atoms with Crippen LogP contribution in [-0.2, 0) is 0 Å². The molecule has 1 aromatic carbocycles. The van der Waals surface area contributed by atoms with Crippen molar-refractivity contribution in [2.45, 2.75) is 12.8 Å². The Morgan fingerprint density at radius 3 is 2.13 bits per heavy atom. The molecule has 0 radical (unpaired) electrons. The van der Waals surface area contributed by atoms with Gasteiger partial charge in [0.15, 0.2) is 11.6 Å². The summed E-state index contributed by atoms with van der Waals surface area (Å²) in [6.45, 7) is 3.41. The molecule has 0 spiro atoms. The van der Waals surface area contributed by atoms with Crippen molar-refractivity contribution in [3.63, 3.8) is 0 Å². The molecule has 0 atom stereocenters. The van der Waals surface area contributed by atoms with E-state index in [4.69, 9.17) is 0 Å². The highest BCUT2D eigenvalue weighted by Gasteiger charge is 2.32. The number of hydrogen-bond donors (Lipinski definition) is 2. The van der Waals surface area contributed by atoms with Gasteiger partial charge in [0.1, 0.15) is 0 Å². The highest BCUT2D eigenvalue weighted by molar-refractivity contribution is 6.30. The van der Waals surface area contributed by atoms with Gasteiger partial charge in [0, 0.05) is 36.6 Å². The van der Waals surface area contributed by atoms with Crippen LogP contribution in [0.5, 0.6) is 0 Å². The summed E-state index contributed by atoms with van der Waals surface area (Å²) in [6, 6.07) is 5.28. The van der Waals surface area contributed by atoms with Crippen molar-refractivity contribution in [2.24, 2.45) is 0 Å². The van der Waals surface area contributed by atoms with Crippen LogP contribution in [0.1, 0.15) is 44.7 Å². The fourth-order valence-electron chi connectivity index (χ4n) is 3.64. The summed E-state index contributed by atoms with van der Waals surface area (Å²) in [5, 5.41) is 6.89. The molecule has 0 amide bonds. The molecule has 0 saturated carbocycles. The van der Waals surface area contributed by atoms with Crippen LogP contribution >= 0.6 is 0 Å². The maximum atomic E-state index is 13.3. The predicted molar refractivity (Wildman–Crippen MR) is 121 cm³/mol. The first-order valence-corrected chi connectivity index (χ1v) is 10.4. The Bertz CT molecular complexity index is 924. The van der Waals surface area contributed by atoms with E-state index in [-0.39, 0.29) is 11.6 Å². The first-order chi connectivity index (χ1) is 14.4. The minimum Gasteiger partial charge on any atom is -0.383 e. The van der Waals surface area contributed by atoms with Crippen LogP contribution in [-0.4, -0.2) is 80.7 Å². The zero-order chi connectivity index (χ0) is 21.7. The molecule has 0 aliphatic heterocycles. The quantitative estimate of drug-likeness (QED) is 0.498. The number of fused-ring (bicyclic) bond motifs is 2. The molecule has 1 heterocycles. The smallest absolute Gasteiger partial charge is 0.196 e. The SMILES string of the molecule is CN(C)CCCNc1ccc2c(c1NCCCN(C)C)C(=O)c1ccncc1C2=O. The van der Waals surface area contributed by atoms with Crippen LogP contribution in [0.15, 0.2) is 30.6 Å². The highest BCUT2D eigenvalue weighted by Crippen LogP contribution is 2.36. The van der Waals surface area contributed by atoms with Gasteiger partial charge in [0.05, 0.1) is 22.5 Å². The Balaban J connectivity index is 1.92. The third kappa shape index (κ3) is 4.86. The van der Waals surface area contributed by atoms with Crippen molar-refractivity contribution in [3.8, 4) is 0 Å². The Kier molecular flexibility index (Phi) is 7.18. The maximum Gasteiger partial charge on any atom is 0.196 e. The van der Waals surface area contributed by atoms with Gasteiger partial charge in [-0.25, -0.2) is 0 Å². The summed E-state index contributed by atoms with van der Waals surface area (Å²) in [5.74, 6) is -0.280. The number of nitrogens with zero attached hydrogens (tertiary/aromatic N) is 3. The molecular formula is C23H31N5O2. The maximum absolute atomic E-state index is 13.3. The third-order valence-corrected chi connectivity index (χ3v) is 5.17. The molecule has 1 aliphatic carbocycles. The van der Waals surface area contributed by atoms with Gasteiger partial charge in [-0.15, -0.1) is 0 Å². The minimum absolute atomic E-state index is 0.131. The molecule has 0 fully saturated rings. The van der Waals surface area contributed by atoms with E-state index in [1.807, 2.05) is 34.3 Å². The van der Waals surface area contributed by atoms with Crippen LogP contribution in [0.3, 0.4) is 0 Å². The Hall–Kier alpha value is -2.77. The van der Waals surface area contributed by atoms with Gasteiger partial charge in [0.25, 0.3) is 0 Å². The molecule has 2 N–H and O–H groups in total. The second kappa shape index (κ2) is 9.82. The largest absolute Gasteiger partial charge is 0.383 e. The van der Waals surface area contributed by atoms with Crippen LogP contribution < -0.4 is 10.6 Å². The van der Waals surface area contributed by atoms with Gasteiger partial charge in [-0.3, -0.25) is 14.6 Å². The number of carbonyl (C=O) groups excluding carboxylic acids is 2. The Morgan fingerprint density at radius 2 is 1.47 bits per heavy atom. The van der Waals surface area contributed by atoms with Crippen LogP contribution in [0.25, 0.3) is 0 Å². The van der Waals surface area contributed by atoms with E-state index in [0.717, 1.165) is 43.9 Å². The minimum atomic E-state index is -0.150. The molecule has 1 aromatic heterocycles. The van der Waals surface area contributed by atoms with Gasteiger partial charge < -0.3 is 20.4 Å². The third-order valence-electron chi connectivity index (χ3n) is 5.17.